The zero-order valence-corrected chi connectivity index (χ0v) is 15.8. The zero-order valence-electron chi connectivity index (χ0n) is 14.3. The van der Waals surface area contributed by atoms with Gasteiger partial charge in [-0.25, -0.2) is 0 Å². The van der Waals surface area contributed by atoms with Gasteiger partial charge in [0.1, 0.15) is 0 Å². The number of ether oxygens (including phenoxy) is 1. The van der Waals surface area contributed by atoms with Gasteiger partial charge in [-0.2, -0.15) is 0 Å². The molecule has 0 atom stereocenters. The molecule has 0 unspecified atom stereocenters. The molecule has 0 fully saturated rings. The minimum Gasteiger partial charge on any atom is -0.380 e. The lowest BCUT2D eigenvalue weighted by molar-refractivity contribution is 0.0949. The number of carbonyl (C=O) groups is 1. The Balaban J connectivity index is 2.03. The third-order valence-corrected chi connectivity index (χ3v) is 4.70. The normalized spacial score (nSPS) is 10.7. The molecule has 1 aromatic carbocycles. The molecule has 1 aromatic heterocycles. The van der Waals surface area contributed by atoms with Crippen molar-refractivity contribution in [3.8, 4) is 0 Å². The van der Waals surface area contributed by atoms with Crippen LogP contribution in [-0.2, 0) is 17.8 Å². The quantitative estimate of drug-likeness (QED) is 0.564. The second-order valence-corrected chi connectivity index (χ2v) is 6.57. The van der Waals surface area contributed by atoms with E-state index in [-0.39, 0.29) is 11.5 Å². The Morgan fingerprint density at radius 3 is 2.80 bits per heavy atom. The van der Waals surface area contributed by atoms with E-state index in [9.17, 15) is 9.59 Å². The Morgan fingerprint density at radius 2 is 2.12 bits per heavy atom. The maximum Gasteiger partial charge on any atom is 0.253 e. The lowest BCUT2D eigenvalue weighted by atomic mass is 10.2. The smallest absolute Gasteiger partial charge is 0.253 e. The largest absolute Gasteiger partial charge is 0.380 e. The van der Waals surface area contributed by atoms with Crippen LogP contribution in [0.25, 0.3) is 0 Å². The highest BCUT2D eigenvalue weighted by Crippen LogP contribution is 2.23. The van der Waals surface area contributed by atoms with Gasteiger partial charge in [0.05, 0.1) is 12.2 Å². The number of amides is 1. The third kappa shape index (κ3) is 5.63. The molecule has 1 N–H and O–H groups in total. The average molecular weight is 381 g/mol. The van der Waals surface area contributed by atoms with Crippen LogP contribution in [0, 0.1) is 0 Å². The van der Waals surface area contributed by atoms with Gasteiger partial charge in [0.15, 0.2) is 0 Å². The van der Waals surface area contributed by atoms with Crippen molar-refractivity contribution >= 4 is 29.3 Å². The summed E-state index contributed by atoms with van der Waals surface area (Å²) in [7, 11) is 0. The molecule has 0 aliphatic heterocycles. The van der Waals surface area contributed by atoms with Crippen molar-refractivity contribution in [3.05, 3.63) is 63.0 Å². The SMILES string of the molecule is CCOCCn1cc(C(=O)NCc2ccc(SC)cc2Cl)ccc1=O. The number of hydrogen-bond donors (Lipinski definition) is 1. The van der Waals surface area contributed by atoms with Gasteiger partial charge in [-0.1, -0.05) is 17.7 Å². The van der Waals surface area contributed by atoms with Crippen molar-refractivity contribution < 1.29 is 9.53 Å². The first-order chi connectivity index (χ1) is 12.0. The Kier molecular flexibility index (Phi) is 7.55. The molecule has 0 radical (unpaired) electrons. The highest BCUT2D eigenvalue weighted by molar-refractivity contribution is 7.98. The van der Waals surface area contributed by atoms with Crippen LogP contribution in [0.15, 0.2) is 46.2 Å². The van der Waals surface area contributed by atoms with Crippen LogP contribution in [0.1, 0.15) is 22.8 Å². The van der Waals surface area contributed by atoms with Gasteiger partial charge in [0.2, 0.25) is 0 Å². The lowest BCUT2D eigenvalue weighted by Gasteiger charge is -2.10. The first-order valence-corrected chi connectivity index (χ1v) is 9.54. The molecule has 25 heavy (non-hydrogen) atoms. The minimum absolute atomic E-state index is 0.160. The van der Waals surface area contributed by atoms with Crippen LogP contribution >= 0.6 is 23.4 Å². The number of rotatable bonds is 8. The maximum absolute atomic E-state index is 12.3. The molecule has 2 rings (SSSR count). The fourth-order valence-corrected chi connectivity index (χ4v) is 2.98. The van der Waals surface area contributed by atoms with E-state index in [1.807, 2.05) is 31.4 Å². The average Bonchev–Trinajstić information content (AvgIpc) is 2.62. The molecule has 0 bridgehead atoms. The molecule has 7 heteroatoms. The van der Waals surface area contributed by atoms with Crippen molar-refractivity contribution in [3.63, 3.8) is 0 Å². The molecule has 1 heterocycles. The Bertz CT molecular complexity index is 792. The molecule has 2 aromatic rings. The van der Waals surface area contributed by atoms with E-state index >= 15 is 0 Å². The van der Waals surface area contributed by atoms with Crippen molar-refractivity contribution in [2.45, 2.75) is 24.9 Å². The minimum atomic E-state index is -0.254. The zero-order chi connectivity index (χ0) is 18.2. The van der Waals surface area contributed by atoms with Crippen LogP contribution in [0.5, 0.6) is 0 Å². The Morgan fingerprint density at radius 1 is 1.32 bits per heavy atom. The van der Waals surface area contributed by atoms with Crippen molar-refractivity contribution in [1.29, 1.82) is 0 Å². The summed E-state index contributed by atoms with van der Waals surface area (Å²) in [5.41, 5.74) is 1.11. The van der Waals surface area contributed by atoms with Crippen LogP contribution in [0.4, 0.5) is 0 Å². The van der Waals surface area contributed by atoms with Crippen molar-refractivity contribution in [1.82, 2.24) is 9.88 Å². The molecule has 0 saturated carbocycles. The topological polar surface area (TPSA) is 60.3 Å². The Labute approximate surface area is 156 Å². The van der Waals surface area contributed by atoms with Crippen molar-refractivity contribution in [2.75, 3.05) is 19.5 Å². The first kappa shape index (κ1) is 19.6. The highest BCUT2D eigenvalue weighted by atomic mass is 35.5. The standard InChI is InChI=1S/C18H21ClN2O3S/c1-3-24-9-8-21-12-14(5-7-17(21)22)18(23)20-11-13-4-6-15(25-2)10-16(13)19/h4-7,10,12H,3,8-9,11H2,1-2H3,(H,20,23). The van der Waals surface area contributed by atoms with E-state index in [2.05, 4.69) is 5.32 Å². The summed E-state index contributed by atoms with van der Waals surface area (Å²) < 4.78 is 6.73. The molecule has 1 amide bonds. The summed E-state index contributed by atoms with van der Waals surface area (Å²) in [6.07, 6.45) is 3.53. The number of halogens is 1. The van der Waals surface area contributed by atoms with E-state index < -0.39 is 0 Å². The maximum atomic E-state index is 12.3. The fourth-order valence-electron chi connectivity index (χ4n) is 2.22. The number of pyridine rings is 1. The summed E-state index contributed by atoms with van der Waals surface area (Å²) in [4.78, 5) is 25.2. The second kappa shape index (κ2) is 9.65. The second-order valence-electron chi connectivity index (χ2n) is 5.29. The summed E-state index contributed by atoms with van der Waals surface area (Å²) in [5, 5.41) is 3.45. The van der Waals surface area contributed by atoms with Crippen LogP contribution in [0.3, 0.4) is 0 Å². The monoisotopic (exact) mass is 380 g/mol. The summed E-state index contributed by atoms with van der Waals surface area (Å²) in [5.74, 6) is -0.254. The van der Waals surface area contributed by atoms with Gasteiger partial charge in [-0.05, 0) is 36.9 Å². The number of nitrogens with one attached hydrogen (secondary N) is 1. The van der Waals surface area contributed by atoms with Gasteiger partial charge in [0, 0.05) is 41.9 Å². The van der Waals surface area contributed by atoms with Crippen LogP contribution in [0.2, 0.25) is 5.02 Å². The van der Waals surface area contributed by atoms with E-state index in [1.54, 1.807) is 18.0 Å². The van der Waals surface area contributed by atoms with E-state index in [0.29, 0.717) is 36.9 Å². The van der Waals surface area contributed by atoms with E-state index in [0.717, 1.165) is 10.5 Å². The van der Waals surface area contributed by atoms with Crippen LogP contribution in [-0.4, -0.2) is 29.9 Å². The molecule has 0 saturated heterocycles. The molecular formula is C18H21ClN2O3S. The molecule has 0 aliphatic carbocycles. The third-order valence-electron chi connectivity index (χ3n) is 3.63. The van der Waals surface area contributed by atoms with Gasteiger partial charge < -0.3 is 14.6 Å². The number of hydrogen-bond acceptors (Lipinski definition) is 4. The first-order valence-electron chi connectivity index (χ1n) is 7.94. The number of nitrogens with zero attached hydrogens (tertiary/aromatic N) is 1. The summed E-state index contributed by atoms with van der Waals surface area (Å²) in [6.45, 7) is 3.65. The number of thioether (sulfide) groups is 1. The lowest BCUT2D eigenvalue weighted by Crippen LogP contribution is -2.27. The molecule has 134 valence electrons. The molecule has 0 spiro atoms. The molecular weight excluding hydrogens is 360 g/mol. The van der Waals surface area contributed by atoms with Gasteiger partial charge in [-0.15, -0.1) is 11.8 Å². The fraction of sp³-hybridized carbons (Fsp3) is 0.333. The number of benzene rings is 1. The highest BCUT2D eigenvalue weighted by Gasteiger charge is 2.09. The number of carbonyl (C=O) groups excluding carboxylic acids is 1. The van der Waals surface area contributed by atoms with Gasteiger partial charge in [0.25, 0.3) is 11.5 Å². The van der Waals surface area contributed by atoms with E-state index in [1.165, 1.54) is 16.7 Å². The van der Waals surface area contributed by atoms with Gasteiger partial charge >= 0.3 is 0 Å². The predicted octanol–water partition coefficient (Wildman–Crippen LogP) is 3.19. The van der Waals surface area contributed by atoms with Crippen molar-refractivity contribution in [2.24, 2.45) is 0 Å². The van der Waals surface area contributed by atoms with E-state index in [4.69, 9.17) is 16.3 Å². The molecule has 5 nitrogen and oxygen atoms in total. The Hall–Kier alpha value is -1.76. The summed E-state index contributed by atoms with van der Waals surface area (Å²) >= 11 is 7.84. The summed E-state index contributed by atoms with van der Waals surface area (Å²) in [6, 6.07) is 8.65. The van der Waals surface area contributed by atoms with Gasteiger partial charge in [-0.3, -0.25) is 9.59 Å². The number of aromatic nitrogens is 1. The molecule has 0 aliphatic rings. The van der Waals surface area contributed by atoms with Crippen LogP contribution < -0.4 is 10.9 Å². The predicted molar refractivity (Wildman–Crippen MR) is 102 cm³/mol.